The molecule has 0 atom stereocenters. The van der Waals surface area contributed by atoms with Crippen LogP contribution in [-0.4, -0.2) is 37.4 Å². The van der Waals surface area contributed by atoms with E-state index in [1.54, 1.807) is 6.07 Å². The Morgan fingerprint density at radius 2 is 1.90 bits per heavy atom. The normalized spacial score (nSPS) is 13.1. The third-order valence-corrected chi connectivity index (χ3v) is 5.00. The van der Waals surface area contributed by atoms with Crippen molar-refractivity contribution in [2.75, 3.05) is 30.9 Å². The Kier molecular flexibility index (Phi) is 6.52. The molecule has 0 aromatic heterocycles. The highest BCUT2D eigenvalue weighted by Gasteiger charge is 2.33. The maximum Gasteiger partial charge on any atom is 0.255 e. The zero-order chi connectivity index (χ0) is 21.0. The number of rotatable bonds is 8. The van der Waals surface area contributed by atoms with E-state index in [2.05, 4.69) is 12.2 Å². The fourth-order valence-electron chi connectivity index (χ4n) is 3.39. The molecule has 0 radical (unpaired) electrons. The van der Waals surface area contributed by atoms with Crippen molar-refractivity contribution in [3.8, 4) is 0 Å². The van der Waals surface area contributed by atoms with E-state index in [9.17, 15) is 14.0 Å². The Labute approximate surface area is 171 Å². The summed E-state index contributed by atoms with van der Waals surface area (Å²) in [6, 6.07) is 11.3. The monoisotopic (exact) mass is 397 g/mol. The third-order valence-electron chi connectivity index (χ3n) is 5.00. The number of carbonyl (C=O) groups is 2. The van der Waals surface area contributed by atoms with Gasteiger partial charge in [0.25, 0.3) is 5.91 Å². The van der Waals surface area contributed by atoms with Gasteiger partial charge >= 0.3 is 0 Å². The van der Waals surface area contributed by atoms with Crippen LogP contribution >= 0.6 is 0 Å². The average Bonchev–Trinajstić information content (AvgIpc) is 3.52. The lowest BCUT2D eigenvalue weighted by Gasteiger charge is -2.26. The van der Waals surface area contributed by atoms with E-state index in [0.717, 1.165) is 30.5 Å². The van der Waals surface area contributed by atoms with Crippen LogP contribution in [0.4, 0.5) is 15.8 Å². The summed E-state index contributed by atoms with van der Waals surface area (Å²) in [5, 5.41) is 2.83. The number of benzene rings is 2. The molecule has 1 aliphatic carbocycles. The second-order valence-corrected chi connectivity index (χ2v) is 7.74. The Bertz CT molecular complexity index is 893. The molecule has 2 aromatic rings. The summed E-state index contributed by atoms with van der Waals surface area (Å²) in [7, 11) is 3.91. The SMILES string of the molecule is CCCN(Cc1cc(NC(=O)c2cccc(F)c2)ccc1N(C)C)C(=O)C1CC1. The van der Waals surface area contributed by atoms with E-state index in [1.165, 1.54) is 18.2 Å². The molecule has 0 saturated heterocycles. The smallest absolute Gasteiger partial charge is 0.255 e. The molecule has 29 heavy (non-hydrogen) atoms. The molecule has 1 fully saturated rings. The van der Waals surface area contributed by atoms with Gasteiger partial charge in [0.2, 0.25) is 5.91 Å². The van der Waals surface area contributed by atoms with Crippen LogP contribution in [0, 0.1) is 11.7 Å². The molecule has 154 valence electrons. The number of hydrogen-bond donors (Lipinski definition) is 1. The van der Waals surface area contributed by atoms with E-state index in [0.29, 0.717) is 18.8 Å². The molecule has 0 bridgehead atoms. The zero-order valence-electron chi connectivity index (χ0n) is 17.2. The van der Waals surface area contributed by atoms with Crippen molar-refractivity contribution in [1.29, 1.82) is 0 Å². The van der Waals surface area contributed by atoms with Crippen LogP contribution in [0.3, 0.4) is 0 Å². The molecule has 1 N–H and O–H groups in total. The lowest BCUT2D eigenvalue weighted by atomic mass is 10.1. The maximum absolute atomic E-state index is 13.4. The number of anilines is 2. The van der Waals surface area contributed by atoms with Crippen molar-refractivity contribution in [2.24, 2.45) is 5.92 Å². The maximum atomic E-state index is 13.4. The van der Waals surface area contributed by atoms with Gasteiger partial charge in [-0.15, -0.1) is 0 Å². The van der Waals surface area contributed by atoms with Crippen molar-refractivity contribution >= 4 is 23.2 Å². The standard InChI is InChI=1S/C23H28FN3O2/c1-4-12-27(23(29)16-8-9-16)15-18-14-20(10-11-21(18)26(2)3)25-22(28)17-6-5-7-19(24)13-17/h5-7,10-11,13-14,16H,4,8-9,12,15H2,1-3H3,(H,25,28). The van der Waals surface area contributed by atoms with E-state index in [-0.39, 0.29) is 23.3 Å². The number of nitrogens with one attached hydrogen (secondary N) is 1. The molecule has 3 rings (SSSR count). The Balaban J connectivity index is 1.83. The molecule has 1 saturated carbocycles. The van der Waals surface area contributed by atoms with Gasteiger partial charge in [-0.2, -0.15) is 0 Å². The lowest BCUT2D eigenvalue weighted by molar-refractivity contribution is -0.133. The van der Waals surface area contributed by atoms with Crippen molar-refractivity contribution in [3.63, 3.8) is 0 Å². The van der Waals surface area contributed by atoms with Gasteiger partial charge in [0.15, 0.2) is 0 Å². The van der Waals surface area contributed by atoms with E-state index < -0.39 is 5.82 Å². The summed E-state index contributed by atoms with van der Waals surface area (Å²) < 4.78 is 13.4. The van der Waals surface area contributed by atoms with Gasteiger partial charge in [-0.05, 0) is 61.2 Å². The number of halogens is 1. The predicted octanol–water partition coefficient (Wildman–Crippen LogP) is 4.29. The van der Waals surface area contributed by atoms with Crippen LogP contribution in [0.15, 0.2) is 42.5 Å². The van der Waals surface area contributed by atoms with Crippen LogP contribution < -0.4 is 10.2 Å². The molecule has 0 aliphatic heterocycles. The molecule has 0 heterocycles. The van der Waals surface area contributed by atoms with Crippen LogP contribution in [0.2, 0.25) is 0 Å². The largest absolute Gasteiger partial charge is 0.377 e. The van der Waals surface area contributed by atoms with E-state index in [1.807, 2.05) is 42.1 Å². The first-order valence-corrected chi connectivity index (χ1v) is 10.0. The first-order valence-electron chi connectivity index (χ1n) is 10.0. The second-order valence-electron chi connectivity index (χ2n) is 7.74. The summed E-state index contributed by atoms with van der Waals surface area (Å²) in [5.41, 5.74) is 2.85. The number of hydrogen-bond acceptors (Lipinski definition) is 3. The highest BCUT2D eigenvalue weighted by atomic mass is 19.1. The van der Waals surface area contributed by atoms with Crippen LogP contribution in [-0.2, 0) is 11.3 Å². The molecule has 2 aromatic carbocycles. The quantitative estimate of drug-likeness (QED) is 0.723. The molecule has 0 unspecified atom stereocenters. The van der Waals surface area contributed by atoms with Crippen LogP contribution in [0.1, 0.15) is 42.1 Å². The zero-order valence-corrected chi connectivity index (χ0v) is 17.2. The second kappa shape index (κ2) is 9.07. The van der Waals surface area contributed by atoms with Crippen molar-refractivity contribution < 1.29 is 14.0 Å². The first-order chi connectivity index (χ1) is 13.9. The third kappa shape index (κ3) is 5.34. The van der Waals surface area contributed by atoms with Gasteiger partial charge in [-0.25, -0.2) is 4.39 Å². The van der Waals surface area contributed by atoms with Crippen LogP contribution in [0.5, 0.6) is 0 Å². The minimum atomic E-state index is -0.449. The highest BCUT2D eigenvalue weighted by molar-refractivity contribution is 6.04. The van der Waals surface area contributed by atoms with Gasteiger partial charge in [-0.3, -0.25) is 9.59 Å². The summed E-state index contributed by atoms with van der Waals surface area (Å²) in [5.74, 6) is -0.436. The number of carbonyl (C=O) groups excluding carboxylic acids is 2. The Morgan fingerprint density at radius 1 is 1.14 bits per heavy atom. The van der Waals surface area contributed by atoms with Gasteiger partial charge in [0.05, 0.1) is 0 Å². The summed E-state index contributed by atoms with van der Waals surface area (Å²) >= 11 is 0. The first kappa shape index (κ1) is 20.8. The summed E-state index contributed by atoms with van der Waals surface area (Å²) in [4.78, 5) is 29.1. The minimum absolute atomic E-state index is 0.167. The average molecular weight is 397 g/mol. The lowest BCUT2D eigenvalue weighted by Crippen LogP contribution is -2.33. The predicted molar refractivity (Wildman–Crippen MR) is 114 cm³/mol. The van der Waals surface area contributed by atoms with Gasteiger partial charge in [0.1, 0.15) is 5.82 Å². The van der Waals surface area contributed by atoms with Crippen molar-refractivity contribution in [1.82, 2.24) is 4.90 Å². The fourth-order valence-corrected chi connectivity index (χ4v) is 3.39. The van der Waals surface area contributed by atoms with Crippen molar-refractivity contribution in [3.05, 3.63) is 59.4 Å². The Morgan fingerprint density at radius 3 is 2.52 bits per heavy atom. The molecular weight excluding hydrogens is 369 g/mol. The van der Waals surface area contributed by atoms with Gasteiger partial charge in [0, 0.05) is 50.0 Å². The van der Waals surface area contributed by atoms with E-state index in [4.69, 9.17) is 0 Å². The molecule has 5 nitrogen and oxygen atoms in total. The topological polar surface area (TPSA) is 52.7 Å². The summed E-state index contributed by atoms with van der Waals surface area (Å²) in [6.07, 6.45) is 2.85. The van der Waals surface area contributed by atoms with E-state index >= 15 is 0 Å². The molecule has 1 aliphatic rings. The summed E-state index contributed by atoms with van der Waals surface area (Å²) in [6.45, 7) is 3.28. The minimum Gasteiger partial charge on any atom is -0.377 e. The molecular formula is C23H28FN3O2. The molecule has 0 spiro atoms. The molecule has 2 amide bonds. The Hall–Kier alpha value is -2.89. The molecule has 6 heteroatoms. The van der Waals surface area contributed by atoms with Gasteiger partial charge in [-0.1, -0.05) is 13.0 Å². The fraction of sp³-hybridized carbons (Fsp3) is 0.391. The highest BCUT2D eigenvalue weighted by Crippen LogP contribution is 2.32. The van der Waals surface area contributed by atoms with Gasteiger partial charge < -0.3 is 15.1 Å². The van der Waals surface area contributed by atoms with Crippen molar-refractivity contribution in [2.45, 2.75) is 32.7 Å². The number of amides is 2. The van der Waals surface area contributed by atoms with Crippen LogP contribution in [0.25, 0.3) is 0 Å². The number of nitrogens with zero attached hydrogens (tertiary/aromatic N) is 2.